The molecule has 0 aromatic heterocycles. The number of ether oxygens (including phenoxy) is 1. The molecule has 152 valence electrons. The van der Waals surface area contributed by atoms with Crippen molar-refractivity contribution in [2.24, 2.45) is 5.92 Å². The van der Waals surface area contributed by atoms with Gasteiger partial charge in [-0.05, 0) is 49.2 Å². The molecule has 2 aromatic rings. The number of likely N-dealkylation sites (tertiary alicyclic amines) is 1. The summed E-state index contributed by atoms with van der Waals surface area (Å²) in [6, 6.07) is 14.8. The first kappa shape index (κ1) is 19.9. The van der Waals surface area contributed by atoms with Gasteiger partial charge in [0.1, 0.15) is 5.75 Å². The molecular formula is C22H24N2O4S. The SMILES string of the molecule is O=CC1Nc2ccc([S+]([O-])CCN3CCC(C(=O)c4ccccc4)CC3)cc2O1. The van der Waals surface area contributed by atoms with Gasteiger partial charge in [0.15, 0.2) is 22.7 Å². The Balaban J connectivity index is 1.26. The van der Waals surface area contributed by atoms with E-state index in [2.05, 4.69) is 10.2 Å². The molecule has 2 aromatic carbocycles. The first-order valence-corrected chi connectivity index (χ1v) is 11.2. The predicted molar refractivity (Wildman–Crippen MR) is 112 cm³/mol. The predicted octanol–water partition coefficient (Wildman–Crippen LogP) is 2.72. The second kappa shape index (κ2) is 8.98. The van der Waals surface area contributed by atoms with Crippen LogP contribution in [0.2, 0.25) is 0 Å². The van der Waals surface area contributed by atoms with Crippen molar-refractivity contribution in [3.63, 3.8) is 0 Å². The van der Waals surface area contributed by atoms with E-state index in [1.165, 1.54) is 0 Å². The average Bonchev–Trinajstić information content (AvgIpc) is 3.20. The lowest BCUT2D eigenvalue weighted by atomic mass is 9.89. The maximum atomic E-state index is 12.7. The average molecular weight is 413 g/mol. The van der Waals surface area contributed by atoms with Gasteiger partial charge in [0.05, 0.1) is 5.69 Å². The summed E-state index contributed by atoms with van der Waals surface area (Å²) in [6.07, 6.45) is 1.70. The van der Waals surface area contributed by atoms with Crippen molar-refractivity contribution < 1.29 is 18.9 Å². The van der Waals surface area contributed by atoms with E-state index in [-0.39, 0.29) is 11.7 Å². The van der Waals surface area contributed by atoms with Crippen molar-refractivity contribution in [1.82, 2.24) is 4.90 Å². The Kier molecular flexibility index (Phi) is 6.18. The molecule has 0 amide bonds. The number of fused-ring (bicyclic) bond motifs is 1. The molecule has 1 saturated heterocycles. The van der Waals surface area contributed by atoms with Gasteiger partial charge in [0.25, 0.3) is 0 Å². The molecule has 1 N–H and O–H groups in total. The van der Waals surface area contributed by atoms with Crippen LogP contribution in [-0.4, -0.2) is 53.1 Å². The molecule has 0 saturated carbocycles. The fourth-order valence-corrected chi connectivity index (χ4v) is 4.95. The first-order chi connectivity index (χ1) is 14.1. The number of nitrogens with one attached hydrogen (secondary N) is 1. The van der Waals surface area contributed by atoms with Gasteiger partial charge in [-0.15, -0.1) is 0 Å². The van der Waals surface area contributed by atoms with Gasteiger partial charge >= 0.3 is 0 Å². The Hall–Kier alpha value is -2.35. The molecule has 2 unspecified atom stereocenters. The summed E-state index contributed by atoms with van der Waals surface area (Å²) in [7, 11) is 0. The highest BCUT2D eigenvalue weighted by molar-refractivity contribution is 7.91. The molecule has 6 nitrogen and oxygen atoms in total. The molecule has 4 rings (SSSR count). The third-order valence-corrected chi connectivity index (χ3v) is 6.83. The highest BCUT2D eigenvalue weighted by Gasteiger charge is 2.27. The first-order valence-electron chi connectivity index (χ1n) is 9.86. The number of Topliss-reactive ketones (excluding diaryl/α,β-unsaturated/α-hetero) is 1. The molecule has 2 heterocycles. The molecule has 7 heteroatoms. The standard InChI is InChI=1S/C22H24N2O4S/c25-15-21-23-19-7-6-18(14-20(19)28-21)29(27)13-12-24-10-8-17(9-11-24)22(26)16-4-2-1-3-5-16/h1-7,14-15,17,21,23H,8-13H2. The maximum absolute atomic E-state index is 12.7. The number of hydrogen-bond donors (Lipinski definition) is 1. The number of nitrogens with zero attached hydrogens (tertiary/aromatic N) is 1. The minimum absolute atomic E-state index is 0.0753. The molecule has 2 atom stereocenters. The summed E-state index contributed by atoms with van der Waals surface area (Å²) in [5.74, 6) is 1.40. The molecule has 29 heavy (non-hydrogen) atoms. The van der Waals surface area contributed by atoms with Crippen molar-refractivity contribution in [3.05, 3.63) is 54.1 Å². The van der Waals surface area contributed by atoms with Crippen molar-refractivity contribution in [2.75, 3.05) is 30.7 Å². The zero-order chi connectivity index (χ0) is 20.2. The summed E-state index contributed by atoms with van der Waals surface area (Å²) >= 11 is -1.14. The molecule has 0 bridgehead atoms. The summed E-state index contributed by atoms with van der Waals surface area (Å²) < 4.78 is 18.1. The van der Waals surface area contributed by atoms with Crippen LogP contribution in [0.15, 0.2) is 53.4 Å². The Morgan fingerprint density at radius 2 is 1.97 bits per heavy atom. The molecule has 0 spiro atoms. The number of benzene rings is 2. The fourth-order valence-electron chi connectivity index (χ4n) is 3.83. The monoisotopic (exact) mass is 412 g/mol. The van der Waals surface area contributed by atoms with Gasteiger partial charge in [0.2, 0.25) is 6.23 Å². The van der Waals surface area contributed by atoms with E-state index in [0.29, 0.717) is 22.7 Å². The number of anilines is 1. The van der Waals surface area contributed by atoms with Crippen LogP contribution in [0.25, 0.3) is 0 Å². The number of carbonyl (C=O) groups is 2. The number of piperidine rings is 1. The van der Waals surface area contributed by atoms with Crippen molar-refractivity contribution in [1.29, 1.82) is 0 Å². The van der Waals surface area contributed by atoms with Crippen LogP contribution in [0.4, 0.5) is 5.69 Å². The van der Waals surface area contributed by atoms with Crippen LogP contribution in [0.1, 0.15) is 23.2 Å². The Bertz CT molecular complexity index is 868. The second-order valence-corrected chi connectivity index (χ2v) is 8.94. The van der Waals surface area contributed by atoms with Crippen LogP contribution in [-0.2, 0) is 16.0 Å². The highest BCUT2D eigenvalue weighted by Crippen LogP contribution is 2.33. The Labute approximate surface area is 173 Å². The quantitative estimate of drug-likeness (QED) is 0.428. The number of rotatable bonds is 7. The van der Waals surface area contributed by atoms with Crippen LogP contribution in [0.5, 0.6) is 5.75 Å². The zero-order valence-electron chi connectivity index (χ0n) is 16.1. The van der Waals surface area contributed by atoms with Crippen LogP contribution in [0.3, 0.4) is 0 Å². The maximum Gasteiger partial charge on any atom is 0.226 e. The van der Waals surface area contributed by atoms with Crippen LogP contribution < -0.4 is 10.1 Å². The van der Waals surface area contributed by atoms with Crippen molar-refractivity contribution in [3.8, 4) is 5.75 Å². The molecular weight excluding hydrogens is 388 g/mol. The lowest BCUT2D eigenvalue weighted by molar-refractivity contribution is -0.112. The van der Waals surface area contributed by atoms with E-state index < -0.39 is 17.4 Å². The van der Waals surface area contributed by atoms with Crippen molar-refractivity contribution >= 4 is 28.9 Å². The van der Waals surface area contributed by atoms with E-state index in [0.717, 1.165) is 43.7 Å². The Morgan fingerprint density at radius 3 is 2.69 bits per heavy atom. The van der Waals surface area contributed by atoms with E-state index in [1.807, 2.05) is 36.4 Å². The van der Waals surface area contributed by atoms with E-state index in [4.69, 9.17) is 4.74 Å². The number of carbonyl (C=O) groups excluding carboxylic acids is 2. The third kappa shape index (κ3) is 4.63. The van der Waals surface area contributed by atoms with Crippen LogP contribution >= 0.6 is 0 Å². The lowest BCUT2D eigenvalue weighted by Crippen LogP contribution is -2.38. The largest absolute Gasteiger partial charge is 0.611 e. The minimum Gasteiger partial charge on any atom is -0.611 e. The summed E-state index contributed by atoms with van der Waals surface area (Å²) in [5, 5.41) is 2.93. The van der Waals surface area contributed by atoms with Gasteiger partial charge in [0, 0.05) is 24.1 Å². The van der Waals surface area contributed by atoms with Gasteiger partial charge in [-0.2, -0.15) is 0 Å². The van der Waals surface area contributed by atoms with E-state index in [9.17, 15) is 14.1 Å². The van der Waals surface area contributed by atoms with Crippen LogP contribution in [0, 0.1) is 5.92 Å². The van der Waals surface area contributed by atoms with E-state index in [1.54, 1.807) is 12.1 Å². The molecule has 1 fully saturated rings. The second-order valence-electron chi connectivity index (χ2n) is 7.37. The lowest BCUT2D eigenvalue weighted by Gasteiger charge is -2.31. The minimum atomic E-state index is -1.14. The number of ketones is 1. The smallest absolute Gasteiger partial charge is 0.226 e. The van der Waals surface area contributed by atoms with Gasteiger partial charge in [-0.25, -0.2) is 0 Å². The normalized spacial score (nSPS) is 20.4. The highest BCUT2D eigenvalue weighted by atomic mass is 32.2. The molecule has 2 aliphatic heterocycles. The third-order valence-electron chi connectivity index (χ3n) is 5.50. The summed E-state index contributed by atoms with van der Waals surface area (Å²) in [4.78, 5) is 26.4. The van der Waals surface area contributed by atoms with Gasteiger partial charge < -0.3 is 14.6 Å². The topological polar surface area (TPSA) is 81.7 Å². The number of hydrogen-bond acceptors (Lipinski definition) is 6. The van der Waals surface area contributed by atoms with Gasteiger partial charge in [-0.3, -0.25) is 14.5 Å². The zero-order valence-corrected chi connectivity index (χ0v) is 16.9. The molecule has 2 aliphatic rings. The van der Waals surface area contributed by atoms with Gasteiger partial charge in [-0.1, -0.05) is 30.3 Å². The molecule has 0 aliphatic carbocycles. The molecule has 0 radical (unpaired) electrons. The van der Waals surface area contributed by atoms with E-state index >= 15 is 0 Å². The summed E-state index contributed by atoms with van der Waals surface area (Å²) in [5.41, 5.74) is 1.53. The number of aldehydes is 1. The van der Waals surface area contributed by atoms with Crippen molar-refractivity contribution in [2.45, 2.75) is 24.0 Å². The fraction of sp³-hybridized carbons (Fsp3) is 0.364. The summed E-state index contributed by atoms with van der Waals surface area (Å²) in [6.45, 7) is 2.42. The Morgan fingerprint density at radius 1 is 1.21 bits per heavy atom.